The van der Waals surface area contributed by atoms with Crippen LogP contribution in [0.15, 0.2) is 18.2 Å². The van der Waals surface area contributed by atoms with E-state index < -0.39 is 0 Å². The molecule has 1 aromatic carbocycles. The topological polar surface area (TPSA) is 38.8 Å². The van der Waals surface area contributed by atoms with Crippen LogP contribution in [0.2, 0.25) is 0 Å². The van der Waals surface area contributed by atoms with Gasteiger partial charge in [0, 0.05) is 30.3 Å². The molecule has 0 saturated carbocycles. The molecule has 1 aromatic rings. The van der Waals surface area contributed by atoms with Crippen molar-refractivity contribution in [1.82, 2.24) is 4.90 Å². The summed E-state index contributed by atoms with van der Waals surface area (Å²) in [7, 11) is 3.30. The lowest BCUT2D eigenvalue weighted by Crippen LogP contribution is -2.30. The number of hydrogen-bond donors (Lipinski definition) is 0. The van der Waals surface area contributed by atoms with E-state index in [9.17, 15) is 4.79 Å². The zero-order chi connectivity index (χ0) is 15.9. The molecule has 0 radical (unpaired) electrons. The SMILES string of the molecule is CCCCCC(=O)N1CCS[C@H]1c1ccc(OC)cc1OC. The van der Waals surface area contributed by atoms with E-state index in [-0.39, 0.29) is 11.3 Å². The minimum Gasteiger partial charge on any atom is -0.497 e. The van der Waals surface area contributed by atoms with Gasteiger partial charge in [-0.2, -0.15) is 0 Å². The molecule has 1 saturated heterocycles. The van der Waals surface area contributed by atoms with Gasteiger partial charge < -0.3 is 14.4 Å². The van der Waals surface area contributed by atoms with Gasteiger partial charge in [0.1, 0.15) is 16.9 Å². The Balaban J connectivity index is 2.14. The lowest BCUT2D eigenvalue weighted by molar-refractivity contribution is -0.131. The van der Waals surface area contributed by atoms with Crippen molar-refractivity contribution >= 4 is 17.7 Å². The molecule has 0 bridgehead atoms. The highest BCUT2D eigenvalue weighted by atomic mass is 32.2. The first kappa shape index (κ1) is 17.0. The average Bonchev–Trinajstić information content (AvgIpc) is 3.03. The normalized spacial score (nSPS) is 17.6. The van der Waals surface area contributed by atoms with Gasteiger partial charge in [0.25, 0.3) is 0 Å². The summed E-state index contributed by atoms with van der Waals surface area (Å²) < 4.78 is 10.7. The van der Waals surface area contributed by atoms with Crippen molar-refractivity contribution in [2.24, 2.45) is 0 Å². The molecule has 5 heteroatoms. The minimum atomic E-state index is 0.0509. The molecule has 122 valence electrons. The first-order chi connectivity index (χ1) is 10.7. The molecule has 1 amide bonds. The molecule has 1 aliphatic heterocycles. The van der Waals surface area contributed by atoms with Gasteiger partial charge >= 0.3 is 0 Å². The van der Waals surface area contributed by atoms with Crippen molar-refractivity contribution < 1.29 is 14.3 Å². The molecule has 0 N–H and O–H groups in total. The highest BCUT2D eigenvalue weighted by Crippen LogP contribution is 2.43. The molecule has 0 unspecified atom stereocenters. The standard InChI is InChI=1S/C17H25NO3S/c1-4-5-6-7-16(19)18-10-11-22-17(18)14-9-8-13(20-2)12-15(14)21-3/h8-9,12,17H,4-7,10-11H2,1-3H3/t17-/m0/s1. The Kier molecular flexibility index (Phi) is 6.43. The van der Waals surface area contributed by atoms with Gasteiger partial charge in [-0.15, -0.1) is 11.8 Å². The number of amides is 1. The molecule has 1 atom stereocenters. The second kappa shape index (κ2) is 8.32. The van der Waals surface area contributed by atoms with Crippen LogP contribution in [0.1, 0.15) is 43.5 Å². The molecule has 2 rings (SSSR count). The summed E-state index contributed by atoms with van der Waals surface area (Å²) in [6.07, 6.45) is 3.87. The molecule has 1 heterocycles. The first-order valence-corrected chi connectivity index (χ1v) is 8.89. The maximum Gasteiger partial charge on any atom is 0.223 e. The van der Waals surface area contributed by atoms with Crippen molar-refractivity contribution in [2.75, 3.05) is 26.5 Å². The first-order valence-electron chi connectivity index (χ1n) is 7.84. The number of thioether (sulfide) groups is 1. The summed E-state index contributed by atoms with van der Waals surface area (Å²) in [6, 6.07) is 5.82. The molecule has 1 aliphatic rings. The van der Waals surface area contributed by atoms with E-state index in [1.807, 2.05) is 23.1 Å². The Morgan fingerprint density at radius 3 is 2.82 bits per heavy atom. The number of methoxy groups -OCH3 is 2. The fourth-order valence-corrected chi connectivity index (χ4v) is 3.98. The molecule has 0 aliphatic carbocycles. The van der Waals surface area contributed by atoms with Crippen LogP contribution in [0.3, 0.4) is 0 Å². The van der Waals surface area contributed by atoms with Crippen molar-refractivity contribution in [3.05, 3.63) is 23.8 Å². The lowest BCUT2D eigenvalue weighted by Gasteiger charge is -2.25. The maximum absolute atomic E-state index is 12.5. The summed E-state index contributed by atoms with van der Waals surface area (Å²) in [5.74, 6) is 2.77. The zero-order valence-electron chi connectivity index (χ0n) is 13.6. The smallest absolute Gasteiger partial charge is 0.223 e. The number of carbonyl (C=O) groups excluding carboxylic acids is 1. The van der Waals surface area contributed by atoms with Gasteiger partial charge in [0.15, 0.2) is 0 Å². The van der Waals surface area contributed by atoms with Crippen LogP contribution in [0, 0.1) is 0 Å². The Morgan fingerprint density at radius 2 is 2.14 bits per heavy atom. The van der Waals surface area contributed by atoms with E-state index in [1.54, 1.807) is 26.0 Å². The lowest BCUT2D eigenvalue weighted by atomic mass is 10.1. The molecule has 1 fully saturated rings. The number of benzene rings is 1. The van der Waals surface area contributed by atoms with Gasteiger partial charge in [0.2, 0.25) is 5.91 Å². The second-order valence-corrected chi connectivity index (χ2v) is 6.56. The van der Waals surface area contributed by atoms with E-state index in [4.69, 9.17) is 9.47 Å². The van der Waals surface area contributed by atoms with Gasteiger partial charge in [-0.1, -0.05) is 19.8 Å². The van der Waals surface area contributed by atoms with E-state index in [1.165, 1.54) is 0 Å². The highest BCUT2D eigenvalue weighted by molar-refractivity contribution is 7.99. The number of carbonyl (C=O) groups is 1. The van der Waals surface area contributed by atoms with E-state index in [2.05, 4.69) is 6.92 Å². The van der Waals surface area contributed by atoms with Crippen LogP contribution >= 0.6 is 11.8 Å². The quantitative estimate of drug-likeness (QED) is 0.714. The largest absolute Gasteiger partial charge is 0.497 e. The summed E-state index contributed by atoms with van der Waals surface area (Å²) in [6.45, 7) is 2.97. The number of hydrogen-bond acceptors (Lipinski definition) is 4. The van der Waals surface area contributed by atoms with Crippen molar-refractivity contribution in [3.63, 3.8) is 0 Å². The molecular weight excluding hydrogens is 298 g/mol. The van der Waals surface area contributed by atoms with Crippen LogP contribution in [-0.4, -0.2) is 37.3 Å². The fraction of sp³-hybridized carbons (Fsp3) is 0.588. The Labute approximate surface area is 137 Å². The monoisotopic (exact) mass is 323 g/mol. The Morgan fingerprint density at radius 1 is 1.32 bits per heavy atom. The summed E-state index contributed by atoms with van der Waals surface area (Å²) in [5.41, 5.74) is 1.05. The number of rotatable bonds is 7. The van der Waals surface area contributed by atoms with Crippen LogP contribution in [0.5, 0.6) is 11.5 Å². The second-order valence-electron chi connectivity index (χ2n) is 5.38. The number of nitrogens with zero attached hydrogens (tertiary/aromatic N) is 1. The Hall–Kier alpha value is -1.36. The van der Waals surface area contributed by atoms with Gasteiger partial charge in [0.05, 0.1) is 14.2 Å². The highest BCUT2D eigenvalue weighted by Gasteiger charge is 2.32. The van der Waals surface area contributed by atoms with Crippen molar-refractivity contribution in [3.8, 4) is 11.5 Å². The molecular formula is C17H25NO3S. The molecule has 0 aromatic heterocycles. The van der Waals surface area contributed by atoms with Crippen LogP contribution in [0.4, 0.5) is 0 Å². The zero-order valence-corrected chi connectivity index (χ0v) is 14.4. The number of ether oxygens (including phenoxy) is 2. The molecule has 4 nitrogen and oxygen atoms in total. The van der Waals surface area contributed by atoms with Crippen LogP contribution in [-0.2, 0) is 4.79 Å². The Bertz CT molecular complexity index is 507. The third-order valence-electron chi connectivity index (χ3n) is 3.91. The summed E-state index contributed by atoms with van der Waals surface area (Å²) >= 11 is 1.80. The van der Waals surface area contributed by atoms with Crippen molar-refractivity contribution in [1.29, 1.82) is 0 Å². The third kappa shape index (κ3) is 3.88. The van der Waals surface area contributed by atoms with E-state index in [0.29, 0.717) is 6.42 Å². The van der Waals surface area contributed by atoms with E-state index in [0.717, 1.165) is 48.6 Å². The van der Waals surface area contributed by atoms with Gasteiger partial charge in [-0.05, 0) is 18.6 Å². The van der Waals surface area contributed by atoms with Gasteiger partial charge in [-0.3, -0.25) is 4.79 Å². The van der Waals surface area contributed by atoms with E-state index >= 15 is 0 Å². The van der Waals surface area contributed by atoms with Crippen LogP contribution < -0.4 is 9.47 Å². The summed E-state index contributed by atoms with van der Waals surface area (Å²) in [5, 5.41) is 0.0509. The predicted octanol–water partition coefficient (Wildman–Crippen LogP) is 3.86. The predicted molar refractivity (Wildman–Crippen MR) is 90.6 cm³/mol. The van der Waals surface area contributed by atoms with Crippen LogP contribution in [0.25, 0.3) is 0 Å². The van der Waals surface area contributed by atoms with Gasteiger partial charge in [-0.25, -0.2) is 0 Å². The molecule has 0 spiro atoms. The third-order valence-corrected chi connectivity index (χ3v) is 5.15. The van der Waals surface area contributed by atoms with Crippen molar-refractivity contribution in [2.45, 2.75) is 38.0 Å². The average molecular weight is 323 g/mol. The number of unbranched alkanes of at least 4 members (excludes halogenated alkanes) is 2. The maximum atomic E-state index is 12.5. The minimum absolute atomic E-state index is 0.0509. The summed E-state index contributed by atoms with van der Waals surface area (Å²) in [4.78, 5) is 14.5. The molecule has 22 heavy (non-hydrogen) atoms. The fourth-order valence-electron chi connectivity index (χ4n) is 2.68.